The van der Waals surface area contributed by atoms with Crippen LogP contribution in [0.1, 0.15) is 0 Å². The van der Waals surface area contributed by atoms with Crippen LogP contribution >= 0.6 is 0 Å². The molecular weight excluding hydrogens is 314 g/mol. The van der Waals surface area contributed by atoms with Gasteiger partial charge in [0.1, 0.15) is 11.3 Å². The summed E-state index contributed by atoms with van der Waals surface area (Å²) < 4.78 is 5.33. The van der Waals surface area contributed by atoms with Crippen molar-refractivity contribution in [3.63, 3.8) is 0 Å². The van der Waals surface area contributed by atoms with Gasteiger partial charge in [0.05, 0.1) is 18.8 Å². The number of pyridine rings is 1. The Morgan fingerprint density at radius 2 is 1.84 bits per heavy atom. The van der Waals surface area contributed by atoms with E-state index in [-0.39, 0.29) is 0 Å². The number of aromatic amines is 1. The number of benzene rings is 2. The summed E-state index contributed by atoms with van der Waals surface area (Å²) in [6.07, 6.45) is 1.82. The van der Waals surface area contributed by atoms with Gasteiger partial charge >= 0.3 is 0 Å². The Kier molecular flexibility index (Phi) is 3.65. The molecule has 0 saturated carbocycles. The molecule has 0 amide bonds. The van der Waals surface area contributed by atoms with E-state index in [2.05, 4.69) is 32.5 Å². The largest absolute Gasteiger partial charge is 0.497 e. The van der Waals surface area contributed by atoms with Gasteiger partial charge in [-0.1, -0.05) is 0 Å². The molecule has 0 aliphatic carbocycles. The maximum Gasteiger partial charge on any atom is 0.157 e. The summed E-state index contributed by atoms with van der Waals surface area (Å²) in [4.78, 5) is 6.82. The molecule has 0 aliphatic heterocycles. The number of aromatic nitrogens is 3. The van der Waals surface area contributed by atoms with Crippen LogP contribution in [0.3, 0.4) is 0 Å². The highest BCUT2D eigenvalue weighted by Gasteiger charge is 2.11. The molecule has 25 heavy (non-hydrogen) atoms. The number of methoxy groups -OCH3 is 1. The maximum absolute atomic E-state index is 5.33. The average Bonchev–Trinajstić information content (AvgIpc) is 3.12. The topological polar surface area (TPSA) is 66.1 Å². The zero-order valence-electron chi connectivity index (χ0n) is 14.4. The van der Waals surface area contributed by atoms with Gasteiger partial charge in [0, 0.05) is 36.2 Å². The quantitative estimate of drug-likeness (QED) is 0.592. The molecule has 6 heteroatoms. The molecule has 0 atom stereocenters. The highest BCUT2D eigenvalue weighted by molar-refractivity contribution is 6.09. The molecule has 0 fully saturated rings. The van der Waals surface area contributed by atoms with Gasteiger partial charge in [-0.2, -0.15) is 5.10 Å². The van der Waals surface area contributed by atoms with Crippen molar-refractivity contribution in [3.05, 3.63) is 48.7 Å². The van der Waals surface area contributed by atoms with Gasteiger partial charge in [0.25, 0.3) is 0 Å². The van der Waals surface area contributed by atoms with Crippen molar-refractivity contribution in [3.8, 4) is 5.75 Å². The normalized spacial score (nSPS) is 11.0. The number of nitrogens with zero attached hydrogens (tertiary/aromatic N) is 3. The minimum atomic E-state index is 0.753. The Hall–Kier alpha value is -3.28. The third-order valence-electron chi connectivity index (χ3n) is 4.25. The van der Waals surface area contributed by atoms with Crippen molar-refractivity contribution >= 4 is 39.0 Å². The lowest BCUT2D eigenvalue weighted by Gasteiger charge is -2.14. The number of H-pyrrole nitrogens is 1. The van der Waals surface area contributed by atoms with Crippen molar-refractivity contribution in [1.29, 1.82) is 0 Å². The summed E-state index contributed by atoms with van der Waals surface area (Å²) in [7, 11) is 5.71. The van der Waals surface area contributed by atoms with Crippen molar-refractivity contribution in [2.24, 2.45) is 0 Å². The van der Waals surface area contributed by atoms with Crippen LogP contribution in [-0.2, 0) is 0 Å². The Morgan fingerprint density at radius 1 is 1.04 bits per heavy atom. The zero-order chi connectivity index (χ0) is 17.4. The van der Waals surface area contributed by atoms with E-state index in [1.54, 1.807) is 7.11 Å². The molecule has 4 rings (SSSR count). The van der Waals surface area contributed by atoms with Crippen LogP contribution in [0.5, 0.6) is 5.75 Å². The molecule has 0 radical (unpaired) electrons. The molecule has 0 unspecified atom stereocenters. The first-order chi connectivity index (χ1) is 12.2. The summed E-state index contributed by atoms with van der Waals surface area (Å²) in [6, 6.07) is 14.1. The standard InChI is InChI=1S/C19H19N5O/c1-24(2)13-6-4-12(5-7-13)21-19-18-16(11-20-23-18)15-10-14(25-3)8-9-17(15)22-19/h4-11H,1-3H3,(H,20,23)(H,21,22). The molecule has 0 saturated heterocycles. The van der Waals surface area contributed by atoms with E-state index in [0.717, 1.165) is 44.7 Å². The van der Waals surface area contributed by atoms with Crippen LogP contribution in [0.15, 0.2) is 48.7 Å². The molecule has 2 heterocycles. The smallest absolute Gasteiger partial charge is 0.157 e. The van der Waals surface area contributed by atoms with E-state index in [4.69, 9.17) is 9.72 Å². The maximum atomic E-state index is 5.33. The highest BCUT2D eigenvalue weighted by atomic mass is 16.5. The number of ether oxygens (including phenoxy) is 1. The van der Waals surface area contributed by atoms with Crippen molar-refractivity contribution in [1.82, 2.24) is 15.2 Å². The zero-order valence-corrected chi connectivity index (χ0v) is 14.4. The predicted octanol–water partition coefficient (Wildman–Crippen LogP) is 3.93. The summed E-state index contributed by atoms with van der Waals surface area (Å²) in [5.41, 5.74) is 3.89. The fraction of sp³-hybridized carbons (Fsp3) is 0.158. The first-order valence-electron chi connectivity index (χ1n) is 8.01. The minimum absolute atomic E-state index is 0.753. The van der Waals surface area contributed by atoms with Gasteiger partial charge in [0.15, 0.2) is 5.82 Å². The van der Waals surface area contributed by atoms with Gasteiger partial charge < -0.3 is 15.0 Å². The molecule has 0 spiro atoms. The van der Waals surface area contributed by atoms with Crippen LogP contribution in [0.4, 0.5) is 17.2 Å². The molecule has 6 nitrogen and oxygen atoms in total. The summed E-state index contributed by atoms with van der Waals surface area (Å²) in [6.45, 7) is 0. The fourth-order valence-electron chi connectivity index (χ4n) is 2.87. The Balaban J connectivity index is 1.79. The molecule has 0 bridgehead atoms. The predicted molar refractivity (Wildman–Crippen MR) is 102 cm³/mol. The minimum Gasteiger partial charge on any atom is -0.497 e. The average molecular weight is 333 g/mol. The summed E-state index contributed by atoms with van der Waals surface area (Å²) in [5, 5.41) is 12.6. The fourth-order valence-corrected chi connectivity index (χ4v) is 2.87. The molecule has 4 aromatic rings. The second kappa shape index (κ2) is 5.98. The third-order valence-corrected chi connectivity index (χ3v) is 4.25. The Labute approximate surface area is 145 Å². The second-order valence-corrected chi connectivity index (χ2v) is 6.07. The number of anilines is 3. The summed E-state index contributed by atoms with van der Waals surface area (Å²) >= 11 is 0. The first-order valence-corrected chi connectivity index (χ1v) is 8.01. The van der Waals surface area contributed by atoms with Crippen LogP contribution in [0.25, 0.3) is 21.8 Å². The number of hydrogen-bond acceptors (Lipinski definition) is 5. The third kappa shape index (κ3) is 2.71. The molecule has 2 N–H and O–H groups in total. The van der Waals surface area contributed by atoms with Crippen molar-refractivity contribution in [2.75, 3.05) is 31.4 Å². The van der Waals surface area contributed by atoms with Crippen LogP contribution < -0.4 is 15.0 Å². The van der Waals surface area contributed by atoms with Crippen molar-refractivity contribution in [2.45, 2.75) is 0 Å². The molecule has 0 aliphatic rings. The van der Waals surface area contributed by atoms with Gasteiger partial charge in [-0.3, -0.25) is 5.10 Å². The number of nitrogens with one attached hydrogen (secondary N) is 2. The number of rotatable bonds is 4. The number of fused-ring (bicyclic) bond motifs is 3. The SMILES string of the molecule is COc1ccc2nc(Nc3ccc(N(C)C)cc3)c3[nH]ncc3c2c1. The highest BCUT2D eigenvalue weighted by Crippen LogP contribution is 2.31. The van der Waals surface area contributed by atoms with Gasteiger partial charge in [-0.15, -0.1) is 0 Å². The molecule has 2 aromatic heterocycles. The van der Waals surface area contributed by atoms with Crippen LogP contribution in [-0.4, -0.2) is 36.4 Å². The Bertz CT molecular complexity index is 1040. The van der Waals surface area contributed by atoms with Gasteiger partial charge in [-0.25, -0.2) is 4.98 Å². The van der Waals surface area contributed by atoms with Crippen LogP contribution in [0.2, 0.25) is 0 Å². The Morgan fingerprint density at radius 3 is 2.56 bits per heavy atom. The van der Waals surface area contributed by atoms with E-state index in [1.165, 1.54) is 0 Å². The molecular formula is C19H19N5O. The lowest BCUT2D eigenvalue weighted by molar-refractivity contribution is 0.415. The first kappa shape index (κ1) is 15.3. The van der Waals surface area contributed by atoms with Gasteiger partial charge in [-0.05, 0) is 42.5 Å². The lowest BCUT2D eigenvalue weighted by Crippen LogP contribution is -2.08. The molecule has 2 aromatic carbocycles. The van der Waals surface area contributed by atoms with E-state index >= 15 is 0 Å². The molecule has 126 valence electrons. The number of hydrogen-bond donors (Lipinski definition) is 2. The summed E-state index contributed by atoms with van der Waals surface area (Å²) in [5.74, 6) is 1.56. The van der Waals surface area contributed by atoms with E-state index in [0.29, 0.717) is 0 Å². The van der Waals surface area contributed by atoms with Gasteiger partial charge in [0.2, 0.25) is 0 Å². The monoisotopic (exact) mass is 333 g/mol. The van der Waals surface area contributed by atoms with E-state index in [1.807, 2.05) is 50.6 Å². The second-order valence-electron chi connectivity index (χ2n) is 6.07. The van der Waals surface area contributed by atoms with Crippen LogP contribution in [0, 0.1) is 0 Å². The van der Waals surface area contributed by atoms with E-state index in [9.17, 15) is 0 Å². The van der Waals surface area contributed by atoms with Crippen molar-refractivity contribution < 1.29 is 4.74 Å². The lowest BCUT2D eigenvalue weighted by atomic mass is 10.1. The van der Waals surface area contributed by atoms with E-state index < -0.39 is 0 Å².